The molecule has 1 aliphatic rings. The Morgan fingerprint density at radius 3 is 2.70 bits per heavy atom. The van der Waals surface area contributed by atoms with Crippen molar-refractivity contribution in [1.29, 1.82) is 0 Å². The molecule has 2 N–H and O–H groups in total. The second-order valence-corrected chi connectivity index (χ2v) is 2.34. The average molecular weight is 156 g/mol. The van der Waals surface area contributed by atoms with E-state index in [4.69, 9.17) is 12.2 Å². The molecule has 0 aromatic rings. The molecule has 1 amide bonds. The van der Waals surface area contributed by atoms with E-state index in [1.54, 1.807) is 6.08 Å². The molecule has 1 saturated heterocycles. The van der Waals surface area contributed by atoms with Gasteiger partial charge in [-0.2, -0.15) is 0 Å². The average Bonchev–Trinajstić information content (AvgIpc) is 2.13. The van der Waals surface area contributed by atoms with Crippen molar-refractivity contribution >= 4 is 23.2 Å². The molecule has 3 nitrogen and oxygen atoms in total. The molecule has 1 heterocycles. The van der Waals surface area contributed by atoms with Gasteiger partial charge in [-0.1, -0.05) is 13.0 Å². The van der Waals surface area contributed by atoms with E-state index in [1.165, 1.54) is 0 Å². The lowest BCUT2D eigenvalue weighted by Crippen LogP contribution is -2.21. The molecule has 0 aromatic heterocycles. The molecule has 0 atom stereocenters. The zero-order valence-corrected chi connectivity index (χ0v) is 6.42. The van der Waals surface area contributed by atoms with Crippen LogP contribution in [0, 0.1) is 0 Å². The molecule has 1 fully saturated rings. The van der Waals surface area contributed by atoms with Gasteiger partial charge >= 0.3 is 0 Å². The Morgan fingerprint density at radius 1 is 1.60 bits per heavy atom. The highest BCUT2D eigenvalue weighted by Gasteiger charge is 2.18. The van der Waals surface area contributed by atoms with E-state index in [9.17, 15) is 4.79 Å². The van der Waals surface area contributed by atoms with E-state index in [2.05, 4.69) is 10.6 Å². The number of carbonyl (C=O) groups is 1. The summed E-state index contributed by atoms with van der Waals surface area (Å²) in [5.41, 5.74) is 0.563. The van der Waals surface area contributed by atoms with Gasteiger partial charge in [-0.25, -0.2) is 0 Å². The summed E-state index contributed by atoms with van der Waals surface area (Å²) in [5.74, 6) is -0.133. The molecule has 10 heavy (non-hydrogen) atoms. The smallest absolute Gasteiger partial charge is 0.273 e. The number of thiocarbonyl (C=S) groups is 1. The van der Waals surface area contributed by atoms with E-state index in [0.29, 0.717) is 10.8 Å². The molecular formula is C6H8N2OS. The lowest BCUT2D eigenvalue weighted by Gasteiger charge is -1.89. The Balaban J connectivity index is 2.72. The van der Waals surface area contributed by atoms with Crippen molar-refractivity contribution in [2.45, 2.75) is 13.3 Å². The zero-order chi connectivity index (χ0) is 7.56. The molecule has 1 aliphatic heterocycles. The van der Waals surface area contributed by atoms with Crippen LogP contribution in [0.25, 0.3) is 0 Å². The molecule has 0 unspecified atom stereocenters. The Labute approximate surface area is 64.5 Å². The van der Waals surface area contributed by atoms with Gasteiger partial charge in [0.25, 0.3) is 5.91 Å². The molecule has 0 aliphatic carbocycles. The minimum atomic E-state index is -0.133. The first-order valence-corrected chi connectivity index (χ1v) is 3.47. The summed E-state index contributed by atoms with van der Waals surface area (Å²) in [5, 5.41) is 5.59. The normalized spacial score (nSPS) is 21.1. The highest BCUT2D eigenvalue weighted by atomic mass is 32.1. The Kier molecular flexibility index (Phi) is 2.01. The maximum absolute atomic E-state index is 10.8. The van der Waals surface area contributed by atoms with Crippen molar-refractivity contribution in [3.05, 3.63) is 11.8 Å². The van der Waals surface area contributed by atoms with E-state index >= 15 is 0 Å². The number of carbonyl (C=O) groups excluding carboxylic acids is 1. The number of allylic oxidation sites excluding steroid dienone is 1. The fourth-order valence-corrected chi connectivity index (χ4v) is 0.931. The summed E-state index contributed by atoms with van der Waals surface area (Å²) < 4.78 is 0. The minimum Gasteiger partial charge on any atom is -0.328 e. The largest absolute Gasteiger partial charge is 0.328 e. The second-order valence-electron chi connectivity index (χ2n) is 1.93. The molecule has 0 spiro atoms. The first kappa shape index (κ1) is 7.21. The van der Waals surface area contributed by atoms with Crippen LogP contribution in [0.5, 0.6) is 0 Å². The highest BCUT2D eigenvalue weighted by Crippen LogP contribution is 1.98. The number of hydrogen-bond acceptors (Lipinski definition) is 2. The van der Waals surface area contributed by atoms with E-state index < -0.39 is 0 Å². The number of hydrogen-bond donors (Lipinski definition) is 2. The third kappa shape index (κ3) is 1.33. The molecule has 54 valence electrons. The van der Waals surface area contributed by atoms with Crippen molar-refractivity contribution in [1.82, 2.24) is 10.6 Å². The van der Waals surface area contributed by atoms with Gasteiger partial charge in [0.05, 0.1) is 0 Å². The second kappa shape index (κ2) is 2.79. The summed E-state index contributed by atoms with van der Waals surface area (Å²) in [6.45, 7) is 1.96. The molecule has 0 aromatic carbocycles. The van der Waals surface area contributed by atoms with Crippen LogP contribution in [-0.2, 0) is 4.79 Å². The van der Waals surface area contributed by atoms with Crippen LogP contribution < -0.4 is 10.6 Å². The van der Waals surface area contributed by atoms with Crippen LogP contribution in [0.15, 0.2) is 11.8 Å². The number of nitrogens with one attached hydrogen (secondary N) is 2. The van der Waals surface area contributed by atoms with Gasteiger partial charge in [-0.3, -0.25) is 10.1 Å². The molecule has 0 radical (unpaired) electrons. The van der Waals surface area contributed by atoms with Crippen LogP contribution >= 0.6 is 12.2 Å². The van der Waals surface area contributed by atoms with Gasteiger partial charge in [0.15, 0.2) is 5.11 Å². The lowest BCUT2D eigenvalue weighted by molar-refractivity contribution is -0.115. The number of rotatable bonds is 1. The highest BCUT2D eigenvalue weighted by molar-refractivity contribution is 7.80. The maximum atomic E-state index is 10.8. The molecule has 4 heteroatoms. The molecule has 1 rings (SSSR count). The van der Waals surface area contributed by atoms with E-state index in [0.717, 1.165) is 6.42 Å². The van der Waals surface area contributed by atoms with E-state index in [-0.39, 0.29) is 5.91 Å². The third-order valence-corrected chi connectivity index (χ3v) is 1.33. The van der Waals surface area contributed by atoms with Gasteiger partial charge in [0.1, 0.15) is 5.70 Å². The summed E-state index contributed by atoms with van der Waals surface area (Å²) in [6, 6.07) is 0. The Hall–Kier alpha value is -0.900. The SMILES string of the molecule is CCC=C1NC(=S)NC1=O. The molecule has 0 saturated carbocycles. The van der Waals surface area contributed by atoms with Crippen molar-refractivity contribution in [2.24, 2.45) is 0 Å². The topological polar surface area (TPSA) is 41.1 Å². The minimum absolute atomic E-state index is 0.133. The quantitative estimate of drug-likeness (QED) is 0.423. The van der Waals surface area contributed by atoms with Crippen LogP contribution in [0.2, 0.25) is 0 Å². The maximum Gasteiger partial charge on any atom is 0.273 e. The molecular weight excluding hydrogens is 148 g/mol. The van der Waals surface area contributed by atoms with E-state index in [1.807, 2.05) is 6.92 Å². The van der Waals surface area contributed by atoms with Gasteiger partial charge in [0, 0.05) is 0 Å². The zero-order valence-electron chi connectivity index (χ0n) is 5.60. The monoisotopic (exact) mass is 156 g/mol. The fraction of sp³-hybridized carbons (Fsp3) is 0.333. The first-order valence-electron chi connectivity index (χ1n) is 3.06. The van der Waals surface area contributed by atoms with Gasteiger partial charge < -0.3 is 5.32 Å². The van der Waals surface area contributed by atoms with Crippen molar-refractivity contribution < 1.29 is 4.79 Å². The standard InChI is InChI=1S/C6H8N2OS/c1-2-3-4-5(9)8-6(10)7-4/h3H,2H2,1H3,(H2,7,8,9,10). The van der Waals surface area contributed by atoms with Crippen LogP contribution in [-0.4, -0.2) is 11.0 Å². The van der Waals surface area contributed by atoms with Gasteiger partial charge in [0.2, 0.25) is 0 Å². The van der Waals surface area contributed by atoms with Crippen LogP contribution in [0.1, 0.15) is 13.3 Å². The predicted molar refractivity (Wildman–Crippen MR) is 42.3 cm³/mol. The fourth-order valence-electron chi connectivity index (χ4n) is 0.729. The summed E-state index contributed by atoms with van der Waals surface area (Å²) >= 11 is 4.70. The van der Waals surface area contributed by atoms with Crippen LogP contribution in [0.4, 0.5) is 0 Å². The Morgan fingerprint density at radius 2 is 2.30 bits per heavy atom. The summed E-state index contributed by atoms with van der Waals surface area (Å²) in [4.78, 5) is 10.8. The predicted octanol–water partition coefficient (Wildman–Crippen LogP) is 0.285. The van der Waals surface area contributed by atoms with Crippen molar-refractivity contribution in [3.63, 3.8) is 0 Å². The summed E-state index contributed by atoms with van der Waals surface area (Å²) in [6.07, 6.45) is 2.63. The number of amides is 1. The van der Waals surface area contributed by atoms with Crippen molar-refractivity contribution in [2.75, 3.05) is 0 Å². The summed E-state index contributed by atoms with van der Waals surface area (Å²) in [7, 11) is 0. The van der Waals surface area contributed by atoms with Crippen molar-refractivity contribution in [3.8, 4) is 0 Å². The molecule has 0 bridgehead atoms. The first-order chi connectivity index (χ1) is 4.74. The third-order valence-electron chi connectivity index (χ3n) is 1.13. The van der Waals surface area contributed by atoms with Gasteiger partial charge in [-0.15, -0.1) is 0 Å². The lowest BCUT2D eigenvalue weighted by atomic mass is 10.3. The Bertz CT molecular complexity index is 210. The van der Waals surface area contributed by atoms with Crippen LogP contribution in [0.3, 0.4) is 0 Å². The van der Waals surface area contributed by atoms with Gasteiger partial charge in [-0.05, 0) is 18.6 Å².